The summed E-state index contributed by atoms with van der Waals surface area (Å²) in [4.78, 5) is 29.7. The van der Waals surface area contributed by atoms with E-state index >= 15 is 0 Å². The highest BCUT2D eigenvalue weighted by atomic mass is 16.6. The fourth-order valence-electron chi connectivity index (χ4n) is 3.70. The lowest BCUT2D eigenvalue weighted by atomic mass is 10.1. The van der Waals surface area contributed by atoms with Crippen LogP contribution in [0.2, 0.25) is 0 Å². The van der Waals surface area contributed by atoms with Gasteiger partial charge in [-0.05, 0) is 36.8 Å². The highest BCUT2D eigenvalue weighted by Gasteiger charge is 2.22. The summed E-state index contributed by atoms with van der Waals surface area (Å²) in [6.45, 7) is 1.41. The SMILES string of the molecule is O=C(NC[C@H]1COc2ccccc2O1)c1ccc2c(=O)n3c(nc2c1)CCC3. The molecule has 3 aromatic rings. The van der Waals surface area contributed by atoms with Crippen molar-refractivity contribution in [1.82, 2.24) is 14.9 Å². The second-order valence-electron chi connectivity index (χ2n) is 7.03. The fraction of sp³-hybridized carbons (Fsp3) is 0.286. The van der Waals surface area contributed by atoms with Gasteiger partial charge in [0.15, 0.2) is 11.5 Å². The van der Waals surface area contributed by atoms with Crippen LogP contribution in [0.15, 0.2) is 47.3 Å². The number of carbonyl (C=O) groups is 1. The van der Waals surface area contributed by atoms with Crippen LogP contribution in [-0.2, 0) is 13.0 Å². The van der Waals surface area contributed by atoms with Crippen molar-refractivity contribution in [1.29, 1.82) is 0 Å². The van der Waals surface area contributed by atoms with Crippen molar-refractivity contribution >= 4 is 16.8 Å². The molecule has 5 rings (SSSR count). The maximum Gasteiger partial charge on any atom is 0.261 e. The van der Waals surface area contributed by atoms with Crippen LogP contribution in [0.1, 0.15) is 22.6 Å². The quantitative estimate of drug-likeness (QED) is 0.754. The first-order valence-electron chi connectivity index (χ1n) is 9.39. The molecule has 1 atom stereocenters. The Hall–Kier alpha value is -3.35. The molecule has 0 spiro atoms. The Morgan fingerprint density at radius 1 is 1.21 bits per heavy atom. The Morgan fingerprint density at radius 3 is 2.96 bits per heavy atom. The van der Waals surface area contributed by atoms with Crippen LogP contribution in [0, 0.1) is 0 Å². The second kappa shape index (κ2) is 6.67. The molecule has 0 bridgehead atoms. The summed E-state index contributed by atoms with van der Waals surface area (Å²) in [6.07, 6.45) is 1.46. The van der Waals surface area contributed by atoms with Gasteiger partial charge in [0.05, 0.1) is 17.4 Å². The molecule has 0 saturated heterocycles. The fourth-order valence-corrected chi connectivity index (χ4v) is 3.70. The van der Waals surface area contributed by atoms with Gasteiger partial charge in [0.1, 0.15) is 18.5 Å². The molecule has 28 heavy (non-hydrogen) atoms. The molecule has 0 saturated carbocycles. The number of ether oxygens (including phenoxy) is 2. The molecule has 7 nitrogen and oxygen atoms in total. The van der Waals surface area contributed by atoms with E-state index in [1.807, 2.05) is 24.3 Å². The topological polar surface area (TPSA) is 82.5 Å². The predicted molar refractivity (Wildman–Crippen MR) is 103 cm³/mol. The molecule has 3 heterocycles. The Morgan fingerprint density at radius 2 is 2.07 bits per heavy atom. The van der Waals surface area contributed by atoms with E-state index in [2.05, 4.69) is 10.3 Å². The number of hydrogen-bond acceptors (Lipinski definition) is 5. The highest BCUT2D eigenvalue weighted by Crippen LogP contribution is 2.30. The van der Waals surface area contributed by atoms with Crippen molar-refractivity contribution in [3.63, 3.8) is 0 Å². The van der Waals surface area contributed by atoms with Gasteiger partial charge < -0.3 is 14.8 Å². The largest absolute Gasteiger partial charge is 0.486 e. The van der Waals surface area contributed by atoms with E-state index in [-0.39, 0.29) is 17.6 Å². The average Bonchev–Trinajstić information content (AvgIpc) is 3.20. The number of hydrogen-bond donors (Lipinski definition) is 1. The van der Waals surface area contributed by atoms with Gasteiger partial charge >= 0.3 is 0 Å². The average molecular weight is 377 g/mol. The van der Waals surface area contributed by atoms with Gasteiger partial charge in [0, 0.05) is 18.5 Å². The first kappa shape index (κ1) is 16.8. The van der Waals surface area contributed by atoms with Crippen LogP contribution >= 0.6 is 0 Å². The molecule has 0 unspecified atom stereocenters. The molecule has 0 aliphatic carbocycles. The molecular weight excluding hydrogens is 358 g/mol. The minimum Gasteiger partial charge on any atom is -0.486 e. The zero-order chi connectivity index (χ0) is 19.1. The summed E-state index contributed by atoms with van der Waals surface area (Å²) in [5.41, 5.74) is 1.01. The summed E-state index contributed by atoms with van der Waals surface area (Å²) in [5, 5.41) is 3.42. The van der Waals surface area contributed by atoms with E-state index in [9.17, 15) is 9.59 Å². The van der Waals surface area contributed by atoms with Gasteiger partial charge in [-0.15, -0.1) is 0 Å². The Bertz CT molecular complexity index is 1140. The van der Waals surface area contributed by atoms with Crippen LogP contribution in [0.5, 0.6) is 11.5 Å². The number of nitrogens with one attached hydrogen (secondary N) is 1. The van der Waals surface area contributed by atoms with Gasteiger partial charge in [0.25, 0.3) is 11.5 Å². The summed E-state index contributed by atoms with van der Waals surface area (Å²) in [5.74, 6) is 1.95. The third-order valence-corrected chi connectivity index (χ3v) is 5.14. The zero-order valence-corrected chi connectivity index (χ0v) is 15.2. The smallest absolute Gasteiger partial charge is 0.261 e. The molecule has 0 radical (unpaired) electrons. The standard InChI is InChI=1S/C21H19N3O4/c25-20(22-11-14-12-27-17-4-1-2-5-18(17)28-14)13-7-8-15-16(10-13)23-19-6-3-9-24(19)21(15)26/h1-2,4-5,7-8,10,14H,3,6,9,11-12H2,(H,22,25)/t14-/m0/s1. The maximum absolute atomic E-state index is 12.6. The molecule has 1 aromatic heterocycles. The van der Waals surface area contributed by atoms with Crippen LogP contribution in [0.25, 0.3) is 10.9 Å². The van der Waals surface area contributed by atoms with Gasteiger partial charge in [-0.2, -0.15) is 0 Å². The highest BCUT2D eigenvalue weighted by molar-refractivity contribution is 5.97. The lowest BCUT2D eigenvalue weighted by Gasteiger charge is -2.26. The maximum atomic E-state index is 12.6. The zero-order valence-electron chi connectivity index (χ0n) is 15.2. The summed E-state index contributed by atoms with van der Waals surface area (Å²) in [7, 11) is 0. The molecule has 2 aliphatic rings. The van der Waals surface area contributed by atoms with Crippen molar-refractivity contribution in [2.24, 2.45) is 0 Å². The summed E-state index contributed by atoms with van der Waals surface area (Å²) < 4.78 is 13.2. The van der Waals surface area contributed by atoms with Crippen molar-refractivity contribution in [3.8, 4) is 11.5 Å². The minimum atomic E-state index is -0.259. The van der Waals surface area contributed by atoms with Crippen LogP contribution in [-0.4, -0.2) is 34.7 Å². The number of rotatable bonds is 3. The van der Waals surface area contributed by atoms with Crippen LogP contribution in [0.3, 0.4) is 0 Å². The molecule has 1 N–H and O–H groups in total. The normalized spacial score (nSPS) is 17.4. The summed E-state index contributed by atoms with van der Waals surface area (Å²) >= 11 is 0. The van der Waals surface area contributed by atoms with E-state index in [4.69, 9.17) is 9.47 Å². The van der Waals surface area contributed by atoms with E-state index in [1.54, 1.807) is 22.8 Å². The van der Waals surface area contributed by atoms with Gasteiger partial charge in [-0.3, -0.25) is 14.2 Å². The van der Waals surface area contributed by atoms with Crippen molar-refractivity contribution in [2.45, 2.75) is 25.5 Å². The Kier molecular flexibility index (Phi) is 4.00. The van der Waals surface area contributed by atoms with Crippen molar-refractivity contribution in [2.75, 3.05) is 13.2 Å². The molecule has 2 aliphatic heterocycles. The molecule has 2 aromatic carbocycles. The van der Waals surface area contributed by atoms with E-state index in [1.165, 1.54) is 0 Å². The van der Waals surface area contributed by atoms with Crippen molar-refractivity contribution < 1.29 is 14.3 Å². The van der Waals surface area contributed by atoms with E-state index in [0.717, 1.165) is 18.7 Å². The number of aryl methyl sites for hydroxylation is 1. The van der Waals surface area contributed by atoms with E-state index < -0.39 is 0 Å². The third-order valence-electron chi connectivity index (χ3n) is 5.14. The first-order valence-corrected chi connectivity index (χ1v) is 9.39. The van der Waals surface area contributed by atoms with Gasteiger partial charge in [-0.1, -0.05) is 12.1 Å². The number of nitrogens with zero attached hydrogens (tertiary/aromatic N) is 2. The molecule has 7 heteroatoms. The van der Waals surface area contributed by atoms with Crippen LogP contribution < -0.4 is 20.3 Å². The second-order valence-corrected chi connectivity index (χ2v) is 7.03. The third kappa shape index (κ3) is 2.89. The van der Waals surface area contributed by atoms with Gasteiger partial charge in [-0.25, -0.2) is 4.98 Å². The first-order chi connectivity index (χ1) is 13.7. The number of para-hydroxylation sites is 2. The van der Waals surface area contributed by atoms with Gasteiger partial charge in [0.2, 0.25) is 0 Å². The lowest BCUT2D eigenvalue weighted by molar-refractivity contribution is 0.0789. The van der Waals surface area contributed by atoms with Crippen molar-refractivity contribution in [3.05, 3.63) is 64.2 Å². The monoisotopic (exact) mass is 377 g/mol. The lowest BCUT2D eigenvalue weighted by Crippen LogP contribution is -2.40. The summed E-state index contributed by atoms with van der Waals surface area (Å²) in [6, 6.07) is 12.5. The van der Waals surface area contributed by atoms with Crippen LogP contribution in [0.4, 0.5) is 0 Å². The number of carbonyl (C=O) groups excluding carboxylic acids is 1. The Labute approximate surface area is 160 Å². The number of fused-ring (bicyclic) bond motifs is 3. The molecular formula is C21H19N3O4. The number of amides is 1. The minimum absolute atomic E-state index is 0.0316. The predicted octanol–water partition coefficient (Wildman–Crippen LogP) is 1.91. The molecule has 1 amide bonds. The number of benzene rings is 2. The molecule has 0 fully saturated rings. The van der Waals surface area contributed by atoms with E-state index in [0.29, 0.717) is 47.7 Å². The Balaban J connectivity index is 1.31. The molecule has 142 valence electrons. The number of aromatic nitrogens is 2.